The van der Waals surface area contributed by atoms with Crippen LogP contribution < -0.4 is 10.1 Å². The number of amides is 1. The van der Waals surface area contributed by atoms with Crippen LogP contribution in [0.25, 0.3) is 0 Å². The minimum absolute atomic E-state index is 0. The van der Waals surface area contributed by atoms with E-state index in [0.29, 0.717) is 5.91 Å². The van der Waals surface area contributed by atoms with Crippen molar-refractivity contribution in [3.63, 3.8) is 0 Å². The second-order valence-corrected chi connectivity index (χ2v) is 8.09. The second-order valence-electron chi connectivity index (χ2n) is 8.09. The van der Waals surface area contributed by atoms with E-state index in [4.69, 9.17) is 4.74 Å². The van der Waals surface area contributed by atoms with Crippen molar-refractivity contribution in [2.75, 3.05) is 32.8 Å². The zero-order valence-corrected chi connectivity index (χ0v) is 15.4. The number of ether oxygens (including phenoxy) is 1. The summed E-state index contributed by atoms with van der Waals surface area (Å²) in [5, 5.41) is 3.51. The summed E-state index contributed by atoms with van der Waals surface area (Å²) in [6.45, 7) is 4.94. The summed E-state index contributed by atoms with van der Waals surface area (Å²) >= 11 is 0. The third-order valence-electron chi connectivity index (χ3n) is 6.93. The van der Waals surface area contributed by atoms with Crippen molar-refractivity contribution in [2.45, 2.75) is 31.1 Å². The van der Waals surface area contributed by atoms with E-state index in [2.05, 4.69) is 28.4 Å². The van der Waals surface area contributed by atoms with Crippen LogP contribution in [0.1, 0.15) is 31.2 Å². The Morgan fingerprint density at radius 3 is 2.64 bits per heavy atom. The first-order valence-corrected chi connectivity index (χ1v) is 9.50. The van der Waals surface area contributed by atoms with Crippen LogP contribution in [0.15, 0.2) is 24.3 Å². The minimum atomic E-state index is 0. The summed E-state index contributed by atoms with van der Waals surface area (Å²) < 4.78 is 5.81. The number of likely N-dealkylation sites (tertiary alicyclic amines) is 1. The molecule has 136 valence electrons. The molecule has 3 heterocycles. The smallest absolute Gasteiger partial charge is 0.226 e. The SMILES string of the molecule is Cl.O=C(C1CC12CCOc1ccccc12)N1CC[C@@H]2CNC[C@@H]2CC1. The number of carbonyl (C=O) groups excluding carboxylic acids is 1. The van der Waals surface area contributed by atoms with Crippen molar-refractivity contribution < 1.29 is 9.53 Å². The van der Waals surface area contributed by atoms with Crippen LogP contribution in [-0.2, 0) is 10.2 Å². The van der Waals surface area contributed by atoms with Gasteiger partial charge in [-0.25, -0.2) is 0 Å². The number of carbonyl (C=O) groups is 1. The molecule has 1 spiro atoms. The van der Waals surface area contributed by atoms with Crippen LogP contribution in [0.4, 0.5) is 0 Å². The normalized spacial score (nSPS) is 35.8. The number of para-hydroxylation sites is 1. The number of rotatable bonds is 1. The van der Waals surface area contributed by atoms with Crippen LogP contribution >= 0.6 is 12.4 Å². The largest absolute Gasteiger partial charge is 0.493 e. The molecule has 4 atom stereocenters. The van der Waals surface area contributed by atoms with Crippen LogP contribution in [0, 0.1) is 17.8 Å². The molecule has 1 aliphatic carbocycles. The van der Waals surface area contributed by atoms with Gasteiger partial charge in [-0.2, -0.15) is 0 Å². The number of fused-ring (bicyclic) bond motifs is 3. The molecule has 2 saturated heterocycles. The molecule has 1 aromatic carbocycles. The number of halogens is 1. The predicted octanol–water partition coefficient (Wildman–Crippen LogP) is 2.61. The molecule has 5 rings (SSSR count). The van der Waals surface area contributed by atoms with E-state index < -0.39 is 0 Å². The van der Waals surface area contributed by atoms with E-state index in [0.717, 1.165) is 63.2 Å². The molecule has 1 saturated carbocycles. The Bertz CT molecular complexity index is 653. The molecule has 0 bridgehead atoms. The van der Waals surface area contributed by atoms with Gasteiger partial charge in [0.1, 0.15) is 5.75 Å². The van der Waals surface area contributed by atoms with E-state index in [1.165, 1.54) is 18.4 Å². The molecule has 5 heteroatoms. The van der Waals surface area contributed by atoms with Crippen molar-refractivity contribution >= 4 is 18.3 Å². The van der Waals surface area contributed by atoms with Gasteiger partial charge in [0.2, 0.25) is 5.91 Å². The van der Waals surface area contributed by atoms with E-state index >= 15 is 0 Å². The molecule has 0 aromatic heterocycles. The van der Waals surface area contributed by atoms with E-state index in [1.54, 1.807) is 0 Å². The van der Waals surface area contributed by atoms with Crippen LogP contribution in [0.3, 0.4) is 0 Å². The van der Waals surface area contributed by atoms with Gasteiger partial charge in [-0.05, 0) is 56.7 Å². The topological polar surface area (TPSA) is 41.6 Å². The minimum Gasteiger partial charge on any atom is -0.493 e. The Hall–Kier alpha value is -1.26. The van der Waals surface area contributed by atoms with Crippen molar-refractivity contribution in [3.8, 4) is 5.75 Å². The van der Waals surface area contributed by atoms with Gasteiger partial charge < -0.3 is 15.0 Å². The van der Waals surface area contributed by atoms with Gasteiger partial charge in [-0.3, -0.25) is 4.79 Å². The van der Waals surface area contributed by atoms with Crippen molar-refractivity contribution in [1.29, 1.82) is 0 Å². The quantitative estimate of drug-likeness (QED) is 0.835. The predicted molar refractivity (Wildman–Crippen MR) is 99.3 cm³/mol. The monoisotopic (exact) mass is 362 g/mol. The van der Waals surface area contributed by atoms with Crippen LogP contribution in [-0.4, -0.2) is 43.6 Å². The summed E-state index contributed by atoms with van der Waals surface area (Å²) in [6, 6.07) is 8.32. The Kier molecular flexibility index (Phi) is 4.45. The second kappa shape index (κ2) is 6.48. The number of hydrogen-bond donors (Lipinski definition) is 1. The zero-order chi connectivity index (χ0) is 16.1. The molecule has 3 aliphatic heterocycles. The average molecular weight is 363 g/mol. The lowest BCUT2D eigenvalue weighted by atomic mass is 9.87. The fourth-order valence-corrected chi connectivity index (χ4v) is 5.34. The van der Waals surface area contributed by atoms with Gasteiger partial charge in [0, 0.05) is 30.0 Å². The molecule has 4 aliphatic rings. The van der Waals surface area contributed by atoms with Gasteiger partial charge in [-0.1, -0.05) is 18.2 Å². The molecule has 3 fully saturated rings. The standard InChI is InChI=1S/C20H26N2O2.ClH/c23-19(22-8-5-14-12-21-13-15(14)6-9-22)17-11-20(17)7-10-24-18-4-2-1-3-16(18)20;/h1-4,14-15,17,21H,5-13H2;1H/t14-,15+,17?,20?;. The first-order chi connectivity index (χ1) is 11.8. The van der Waals surface area contributed by atoms with Gasteiger partial charge in [-0.15, -0.1) is 12.4 Å². The summed E-state index contributed by atoms with van der Waals surface area (Å²) in [6.07, 6.45) is 4.34. The molecule has 25 heavy (non-hydrogen) atoms. The lowest BCUT2D eigenvalue weighted by Crippen LogP contribution is -2.36. The van der Waals surface area contributed by atoms with E-state index in [-0.39, 0.29) is 23.7 Å². The summed E-state index contributed by atoms with van der Waals surface area (Å²) in [5.41, 5.74) is 1.33. The number of benzene rings is 1. The molecule has 1 N–H and O–H groups in total. The third kappa shape index (κ3) is 2.74. The highest BCUT2D eigenvalue weighted by atomic mass is 35.5. The highest BCUT2D eigenvalue weighted by molar-refractivity contribution is 5.85. The number of hydrogen-bond acceptors (Lipinski definition) is 3. The average Bonchev–Trinajstić information content (AvgIpc) is 3.22. The van der Waals surface area contributed by atoms with E-state index in [1.807, 2.05) is 6.07 Å². The molecular formula is C20H27ClN2O2. The van der Waals surface area contributed by atoms with Crippen LogP contribution in [0.2, 0.25) is 0 Å². The molecule has 0 radical (unpaired) electrons. The maximum absolute atomic E-state index is 13.2. The van der Waals surface area contributed by atoms with Gasteiger partial charge in [0.25, 0.3) is 0 Å². The fraction of sp³-hybridized carbons (Fsp3) is 0.650. The van der Waals surface area contributed by atoms with Crippen molar-refractivity contribution in [1.82, 2.24) is 10.2 Å². The Labute approximate surface area is 155 Å². The number of nitrogens with one attached hydrogen (secondary N) is 1. The van der Waals surface area contributed by atoms with Gasteiger partial charge >= 0.3 is 0 Å². The van der Waals surface area contributed by atoms with Crippen LogP contribution in [0.5, 0.6) is 5.75 Å². The molecule has 1 amide bonds. The first kappa shape index (κ1) is 17.2. The summed E-state index contributed by atoms with van der Waals surface area (Å²) in [4.78, 5) is 15.4. The Morgan fingerprint density at radius 1 is 1.16 bits per heavy atom. The van der Waals surface area contributed by atoms with Gasteiger partial charge in [0.15, 0.2) is 0 Å². The number of nitrogens with zero attached hydrogens (tertiary/aromatic N) is 1. The molecule has 2 unspecified atom stereocenters. The van der Waals surface area contributed by atoms with E-state index in [9.17, 15) is 4.79 Å². The Balaban J connectivity index is 0.00000157. The summed E-state index contributed by atoms with van der Waals surface area (Å²) in [5.74, 6) is 3.13. The first-order valence-electron chi connectivity index (χ1n) is 9.50. The zero-order valence-electron chi connectivity index (χ0n) is 14.6. The summed E-state index contributed by atoms with van der Waals surface area (Å²) in [7, 11) is 0. The molecular weight excluding hydrogens is 336 g/mol. The maximum Gasteiger partial charge on any atom is 0.226 e. The highest BCUT2D eigenvalue weighted by Gasteiger charge is 2.61. The maximum atomic E-state index is 13.2. The van der Waals surface area contributed by atoms with Gasteiger partial charge in [0.05, 0.1) is 6.61 Å². The molecule has 1 aromatic rings. The fourth-order valence-electron chi connectivity index (χ4n) is 5.34. The van der Waals surface area contributed by atoms with Crippen molar-refractivity contribution in [2.24, 2.45) is 17.8 Å². The third-order valence-corrected chi connectivity index (χ3v) is 6.93. The lowest BCUT2D eigenvalue weighted by Gasteiger charge is -2.28. The lowest BCUT2D eigenvalue weighted by molar-refractivity contribution is -0.133. The Morgan fingerprint density at radius 2 is 1.88 bits per heavy atom. The highest BCUT2D eigenvalue weighted by Crippen LogP contribution is 2.61. The molecule has 4 nitrogen and oxygen atoms in total. The van der Waals surface area contributed by atoms with Crippen molar-refractivity contribution in [3.05, 3.63) is 29.8 Å².